The van der Waals surface area contributed by atoms with Crippen LogP contribution in [-0.2, 0) is 24.1 Å². The molecular weight excluding hydrogens is 594 g/mol. The number of halogens is 1. The molecule has 15 heteroatoms. The number of pyridine rings is 1. The molecule has 6 rings (SSSR count). The van der Waals surface area contributed by atoms with E-state index in [0.29, 0.717) is 16.9 Å². The van der Waals surface area contributed by atoms with Gasteiger partial charge in [0.05, 0.1) is 46.8 Å². The second kappa shape index (κ2) is 10.5. The molecule has 4 aromatic rings. The van der Waals surface area contributed by atoms with Gasteiger partial charge in [-0.15, -0.1) is 0 Å². The van der Waals surface area contributed by atoms with Crippen LogP contribution in [-0.4, -0.2) is 70.1 Å². The van der Waals surface area contributed by atoms with Crippen molar-refractivity contribution in [3.05, 3.63) is 69.0 Å². The summed E-state index contributed by atoms with van der Waals surface area (Å²) in [4.78, 5) is 40.2. The topological polar surface area (TPSA) is 147 Å². The van der Waals surface area contributed by atoms with Crippen molar-refractivity contribution in [2.45, 2.75) is 38.4 Å². The third kappa shape index (κ3) is 5.40. The minimum Gasteiger partial charge on any atom is -0.377 e. The van der Waals surface area contributed by atoms with Crippen LogP contribution in [0.25, 0.3) is 10.9 Å². The van der Waals surface area contributed by atoms with Crippen LogP contribution >= 0.6 is 11.6 Å². The molecule has 1 amide bonds. The van der Waals surface area contributed by atoms with Crippen LogP contribution in [0.2, 0.25) is 5.15 Å². The Hall–Kier alpha value is -4.17. The number of nitrogens with one attached hydrogen (secondary N) is 2. The first-order chi connectivity index (χ1) is 20.3. The lowest BCUT2D eigenvalue weighted by Gasteiger charge is -2.36. The molecule has 0 radical (unpaired) electrons. The molecule has 5 heterocycles. The lowest BCUT2D eigenvalue weighted by Crippen LogP contribution is -2.48. The number of hydrogen-bond donors (Lipinski definition) is 2. The Morgan fingerprint density at radius 2 is 1.84 bits per heavy atom. The molecule has 0 saturated carbocycles. The third-order valence-corrected chi connectivity index (χ3v) is 8.81. The Labute approximate surface area is 253 Å². The van der Waals surface area contributed by atoms with Crippen molar-refractivity contribution in [1.82, 2.24) is 29.0 Å². The fourth-order valence-corrected chi connectivity index (χ4v) is 6.75. The van der Waals surface area contributed by atoms with Gasteiger partial charge < -0.3 is 15.1 Å². The van der Waals surface area contributed by atoms with E-state index in [4.69, 9.17) is 16.6 Å². The van der Waals surface area contributed by atoms with E-state index in [1.807, 2.05) is 50.1 Å². The molecule has 0 aliphatic carbocycles. The van der Waals surface area contributed by atoms with E-state index in [1.54, 1.807) is 22.4 Å². The molecule has 2 fully saturated rings. The van der Waals surface area contributed by atoms with E-state index >= 15 is 0 Å². The van der Waals surface area contributed by atoms with E-state index in [0.717, 1.165) is 42.6 Å². The van der Waals surface area contributed by atoms with Crippen molar-refractivity contribution in [3.8, 4) is 0 Å². The number of nitrogens with zero attached hydrogens (tertiary/aromatic N) is 7. The molecule has 1 aromatic carbocycles. The normalized spacial score (nSPS) is 18.8. The molecule has 2 bridgehead atoms. The van der Waals surface area contributed by atoms with Gasteiger partial charge in [-0.1, -0.05) is 17.7 Å². The summed E-state index contributed by atoms with van der Waals surface area (Å²) in [6, 6.07) is 6.89. The molecule has 2 N–H and O–H groups in total. The van der Waals surface area contributed by atoms with Crippen LogP contribution < -0.4 is 25.4 Å². The summed E-state index contributed by atoms with van der Waals surface area (Å²) >= 11 is 6.04. The number of aromatic nitrogens is 5. The fraction of sp³-hybridized carbons (Fsp3) is 0.393. The maximum Gasteiger partial charge on any atom is 0.285 e. The van der Waals surface area contributed by atoms with Crippen molar-refractivity contribution in [1.29, 1.82) is 0 Å². The van der Waals surface area contributed by atoms with Gasteiger partial charge in [-0.3, -0.25) is 18.8 Å². The maximum atomic E-state index is 13.7. The quantitative estimate of drug-likeness (QED) is 0.293. The van der Waals surface area contributed by atoms with Crippen LogP contribution in [0.3, 0.4) is 0 Å². The van der Waals surface area contributed by atoms with Crippen LogP contribution in [0.4, 0.5) is 17.3 Å². The second-order valence-corrected chi connectivity index (χ2v) is 13.5. The summed E-state index contributed by atoms with van der Waals surface area (Å²) in [7, 11) is -0.169. The van der Waals surface area contributed by atoms with Gasteiger partial charge >= 0.3 is 0 Å². The summed E-state index contributed by atoms with van der Waals surface area (Å²) in [5.41, 5.74) is 3.24. The van der Waals surface area contributed by atoms with Gasteiger partial charge in [-0.05, 0) is 44.0 Å². The van der Waals surface area contributed by atoms with Crippen molar-refractivity contribution in [3.63, 3.8) is 0 Å². The Kier molecular flexibility index (Phi) is 7.08. The highest BCUT2D eigenvalue weighted by Gasteiger charge is 2.45. The molecule has 13 nitrogen and oxygen atoms in total. The largest absolute Gasteiger partial charge is 0.377 e. The minimum atomic E-state index is -3.83. The standard InChI is InChI=1S/C28H32ClN9O4S/c1-15-8-20(16(2)31-22-6-7-23(29)32-25(22)26(39)34-43(5,41)42)24-21(9-15)27(40)36(4)28(33-24)38-14-17-10-18(38)13-37(17)19-11-30-35(3)12-19/h6-9,11-12,16-18,31H,10,13-14H2,1-5H3,(H,34,39)/t16-,17+,18+/m1/s1. The number of hydrogen-bond acceptors (Lipinski definition) is 10. The fourth-order valence-electron chi connectivity index (χ4n) is 6.17. The van der Waals surface area contributed by atoms with Crippen LogP contribution in [0.5, 0.6) is 0 Å². The molecule has 2 aliphatic heterocycles. The molecule has 3 aromatic heterocycles. The molecule has 0 unspecified atom stereocenters. The first kappa shape index (κ1) is 28.9. The highest BCUT2D eigenvalue weighted by molar-refractivity contribution is 7.89. The van der Waals surface area contributed by atoms with Crippen molar-refractivity contribution in [2.24, 2.45) is 14.1 Å². The number of amides is 1. The van der Waals surface area contributed by atoms with Crippen molar-refractivity contribution >= 4 is 55.8 Å². The smallest absolute Gasteiger partial charge is 0.285 e. The van der Waals surface area contributed by atoms with Crippen LogP contribution in [0.15, 0.2) is 41.5 Å². The summed E-state index contributed by atoms with van der Waals surface area (Å²) in [6.45, 7) is 5.33. The van der Waals surface area contributed by atoms with Crippen LogP contribution in [0, 0.1) is 6.92 Å². The lowest BCUT2D eigenvalue weighted by molar-refractivity contribution is 0.0977. The molecule has 2 aliphatic rings. The molecular formula is C28H32ClN9O4S. The number of piperazine rings is 1. The first-order valence-electron chi connectivity index (χ1n) is 13.8. The molecule has 2 saturated heterocycles. The Morgan fingerprint density at radius 3 is 2.49 bits per heavy atom. The highest BCUT2D eigenvalue weighted by atomic mass is 35.5. The first-order valence-corrected chi connectivity index (χ1v) is 16.0. The summed E-state index contributed by atoms with van der Waals surface area (Å²) < 4.78 is 28.8. The molecule has 226 valence electrons. The summed E-state index contributed by atoms with van der Waals surface area (Å²) in [6.07, 6.45) is 5.74. The maximum absolute atomic E-state index is 13.7. The lowest BCUT2D eigenvalue weighted by atomic mass is 10.0. The van der Waals surface area contributed by atoms with Gasteiger partial charge in [0.15, 0.2) is 5.69 Å². The molecule has 0 spiro atoms. The number of anilines is 3. The molecule has 43 heavy (non-hydrogen) atoms. The van der Waals surface area contributed by atoms with E-state index in [2.05, 4.69) is 25.2 Å². The highest BCUT2D eigenvalue weighted by Crippen LogP contribution is 2.37. The zero-order chi connectivity index (χ0) is 30.8. The zero-order valence-electron chi connectivity index (χ0n) is 24.4. The number of fused-ring (bicyclic) bond motifs is 3. The van der Waals surface area contributed by atoms with Gasteiger partial charge in [-0.2, -0.15) is 5.10 Å². The Bertz CT molecular complexity index is 1940. The Balaban J connectivity index is 1.35. The van der Waals surface area contributed by atoms with E-state index < -0.39 is 22.0 Å². The van der Waals surface area contributed by atoms with E-state index in [1.165, 1.54) is 6.07 Å². The predicted molar refractivity (Wildman–Crippen MR) is 165 cm³/mol. The van der Waals surface area contributed by atoms with Crippen molar-refractivity contribution in [2.75, 3.05) is 34.5 Å². The molecule has 3 atom stereocenters. The third-order valence-electron chi connectivity index (χ3n) is 8.04. The van der Waals surface area contributed by atoms with E-state index in [9.17, 15) is 18.0 Å². The number of benzene rings is 1. The number of sulfonamides is 1. The predicted octanol–water partition coefficient (Wildman–Crippen LogP) is 2.35. The number of rotatable bonds is 7. The number of carbonyl (C=O) groups excluding carboxylic acids is 1. The summed E-state index contributed by atoms with van der Waals surface area (Å²) in [5.74, 6) is -0.304. The average molecular weight is 626 g/mol. The van der Waals surface area contributed by atoms with Gasteiger partial charge in [0.1, 0.15) is 5.15 Å². The van der Waals surface area contributed by atoms with Gasteiger partial charge in [-0.25, -0.2) is 23.1 Å². The minimum absolute atomic E-state index is 0.0367. The van der Waals surface area contributed by atoms with Gasteiger partial charge in [0, 0.05) is 45.0 Å². The monoisotopic (exact) mass is 625 g/mol. The zero-order valence-corrected chi connectivity index (χ0v) is 25.9. The number of carbonyl (C=O) groups is 1. The SMILES string of the molecule is Cc1cc([C@@H](C)Nc2ccc(Cl)nc2C(=O)NS(C)(=O)=O)c2nc(N3C[C@@H]4C[C@H]3CN4c3cnn(C)c3)n(C)c(=O)c2c1. The van der Waals surface area contributed by atoms with Gasteiger partial charge in [0.2, 0.25) is 16.0 Å². The van der Waals surface area contributed by atoms with E-state index in [-0.39, 0.29) is 34.2 Å². The Morgan fingerprint density at radius 1 is 1.12 bits per heavy atom. The second-order valence-electron chi connectivity index (χ2n) is 11.3. The number of aryl methyl sites for hydroxylation is 2. The van der Waals surface area contributed by atoms with Gasteiger partial charge in [0.25, 0.3) is 11.5 Å². The average Bonchev–Trinajstić information content (AvgIpc) is 3.66. The summed E-state index contributed by atoms with van der Waals surface area (Å²) in [5, 5.41) is 8.10. The van der Waals surface area contributed by atoms with Crippen molar-refractivity contribution < 1.29 is 13.2 Å². The van der Waals surface area contributed by atoms with Crippen LogP contribution in [0.1, 0.15) is 41.0 Å².